The van der Waals surface area contributed by atoms with E-state index in [0.717, 1.165) is 12.8 Å². The number of aliphatic hydroxyl groups is 1. The van der Waals surface area contributed by atoms with Gasteiger partial charge in [0.15, 0.2) is 0 Å². The van der Waals surface area contributed by atoms with Crippen molar-refractivity contribution in [3.05, 3.63) is 29.6 Å². The average molecular weight is 274 g/mol. The van der Waals surface area contributed by atoms with Gasteiger partial charge < -0.3 is 14.7 Å². The van der Waals surface area contributed by atoms with E-state index in [4.69, 9.17) is 9.84 Å². The van der Waals surface area contributed by atoms with Crippen LogP contribution in [0, 0.1) is 11.8 Å². The van der Waals surface area contributed by atoms with Gasteiger partial charge >= 0.3 is 0 Å². The molecule has 106 valence electrons. The number of aliphatic hydroxyl groups excluding tert-OH is 1. The van der Waals surface area contributed by atoms with Crippen LogP contribution in [0.25, 0.3) is 0 Å². The van der Waals surface area contributed by atoms with Crippen molar-refractivity contribution < 1.29 is 14.6 Å². The Balaban J connectivity index is 2.19. The van der Waals surface area contributed by atoms with Gasteiger partial charge in [-0.3, -0.25) is 4.79 Å². The molecule has 1 aliphatic rings. The number of carbonyl (C=O) groups excluding carboxylic acids is 1. The smallest absolute Gasteiger partial charge is 0.273 e. The van der Waals surface area contributed by atoms with Gasteiger partial charge in [-0.2, -0.15) is 0 Å². The molecule has 1 N–H and O–H groups in total. The van der Waals surface area contributed by atoms with Crippen LogP contribution in [0.2, 0.25) is 0 Å². The van der Waals surface area contributed by atoms with Gasteiger partial charge in [0.2, 0.25) is 0 Å². The van der Waals surface area contributed by atoms with Crippen LogP contribution >= 0.6 is 0 Å². The van der Waals surface area contributed by atoms with Crippen molar-refractivity contribution in [2.24, 2.45) is 0 Å². The normalized spacial score (nSPS) is 15.3. The van der Waals surface area contributed by atoms with Crippen LogP contribution in [-0.4, -0.2) is 53.8 Å². The molecule has 0 unspecified atom stereocenters. The summed E-state index contributed by atoms with van der Waals surface area (Å²) in [5.41, 5.74) is 0.882. The fourth-order valence-electron chi connectivity index (χ4n) is 2.22. The molecule has 0 spiro atoms. The second-order valence-corrected chi connectivity index (χ2v) is 4.62. The molecule has 1 saturated heterocycles. The molecule has 5 heteroatoms. The predicted molar refractivity (Wildman–Crippen MR) is 74.1 cm³/mol. The zero-order chi connectivity index (χ0) is 14.4. The third kappa shape index (κ3) is 3.35. The molecule has 0 radical (unpaired) electrons. The topological polar surface area (TPSA) is 62.7 Å². The van der Waals surface area contributed by atoms with Crippen molar-refractivity contribution in [3.8, 4) is 11.8 Å². The maximum absolute atomic E-state index is 12.5. The molecule has 0 atom stereocenters. The van der Waals surface area contributed by atoms with Gasteiger partial charge in [-0.1, -0.05) is 11.8 Å². The first-order valence-electron chi connectivity index (χ1n) is 6.63. The van der Waals surface area contributed by atoms with E-state index in [2.05, 4.69) is 16.8 Å². The quantitative estimate of drug-likeness (QED) is 0.805. The molecular formula is C15H18N2O3. The summed E-state index contributed by atoms with van der Waals surface area (Å²) in [6, 6.07) is 3.64. The first kappa shape index (κ1) is 14.5. The van der Waals surface area contributed by atoms with Crippen LogP contribution in [0.4, 0.5) is 0 Å². The number of carbonyl (C=O) groups is 1. The highest BCUT2D eigenvalue weighted by molar-refractivity contribution is 5.94. The van der Waals surface area contributed by atoms with Crippen molar-refractivity contribution in [2.75, 3.05) is 26.9 Å². The maximum atomic E-state index is 12.5. The van der Waals surface area contributed by atoms with Crippen LogP contribution in [0.3, 0.4) is 0 Å². The second-order valence-electron chi connectivity index (χ2n) is 4.62. The molecule has 0 bridgehead atoms. The third-order valence-corrected chi connectivity index (χ3v) is 3.37. The summed E-state index contributed by atoms with van der Waals surface area (Å²) in [5, 5.41) is 8.77. The Labute approximate surface area is 118 Å². The lowest BCUT2D eigenvalue weighted by Crippen LogP contribution is -2.41. The molecule has 2 rings (SSSR count). The van der Waals surface area contributed by atoms with Crippen LogP contribution < -0.4 is 0 Å². The number of hydrogen-bond acceptors (Lipinski definition) is 4. The third-order valence-electron chi connectivity index (χ3n) is 3.37. The van der Waals surface area contributed by atoms with E-state index in [-0.39, 0.29) is 18.6 Å². The zero-order valence-electron chi connectivity index (χ0n) is 11.5. The molecule has 1 fully saturated rings. The van der Waals surface area contributed by atoms with Gasteiger partial charge in [-0.05, 0) is 25.0 Å². The molecule has 0 aliphatic carbocycles. The van der Waals surface area contributed by atoms with Gasteiger partial charge in [-0.25, -0.2) is 4.98 Å². The zero-order valence-corrected chi connectivity index (χ0v) is 11.5. The van der Waals surface area contributed by atoms with Crippen LogP contribution in [0.1, 0.15) is 28.9 Å². The molecule has 1 aromatic rings. The van der Waals surface area contributed by atoms with Gasteiger partial charge in [0.05, 0.1) is 5.56 Å². The minimum atomic E-state index is -0.238. The standard InChI is InChI=1S/C15H18N2O3/c1-17(13-6-10-20-11-7-13)15(19)14-12(5-3-9-18)4-2-8-16-14/h2,4,8,13,18H,6-7,9-11H2,1H3. The van der Waals surface area contributed by atoms with E-state index in [9.17, 15) is 4.79 Å². The number of ether oxygens (including phenoxy) is 1. The van der Waals surface area contributed by atoms with E-state index in [0.29, 0.717) is 24.5 Å². The summed E-state index contributed by atoms with van der Waals surface area (Å²) in [4.78, 5) is 18.4. The highest BCUT2D eigenvalue weighted by atomic mass is 16.5. The molecule has 2 heterocycles. The largest absolute Gasteiger partial charge is 0.384 e. The van der Waals surface area contributed by atoms with Crippen molar-refractivity contribution in [3.63, 3.8) is 0 Å². The Hall–Kier alpha value is -1.90. The number of pyridine rings is 1. The van der Waals surface area contributed by atoms with Crippen molar-refractivity contribution in [2.45, 2.75) is 18.9 Å². The highest BCUT2D eigenvalue weighted by Gasteiger charge is 2.25. The Kier molecular flexibility index (Phi) is 5.10. The summed E-state index contributed by atoms with van der Waals surface area (Å²) < 4.78 is 5.31. The van der Waals surface area contributed by atoms with E-state index >= 15 is 0 Å². The second kappa shape index (κ2) is 7.04. The molecule has 5 nitrogen and oxygen atoms in total. The summed E-state index contributed by atoms with van der Waals surface area (Å²) in [7, 11) is 1.79. The van der Waals surface area contributed by atoms with E-state index < -0.39 is 0 Å². The van der Waals surface area contributed by atoms with E-state index in [1.807, 2.05) is 0 Å². The van der Waals surface area contributed by atoms with Gasteiger partial charge in [-0.15, -0.1) is 0 Å². The number of rotatable bonds is 2. The molecule has 0 saturated carbocycles. The SMILES string of the molecule is CN(C(=O)c1ncccc1C#CCO)C1CCOCC1. The predicted octanol–water partition coefficient (Wildman–Crippen LogP) is 0.676. The molecule has 20 heavy (non-hydrogen) atoms. The number of nitrogens with zero attached hydrogens (tertiary/aromatic N) is 2. The van der Waals surface area contributed by atoms with Crippen molar-refractivity contribution >= 4 is 5.91 Å². The Morgan fingerprint density at radius 1 is 1.55 bits per heavy atom. The number of amides is 1. The molecule has 0 aromatic carbocycles. The number of hydrogen-bond donors (Lipinski definition) is 1. The van der Waals surface area contributed by atoms with Crippen LogP contribution in [0.15, 0.2) is 18.3 Å². The molecule has 1 aromatic heterocycles. The minimum absolute atomic E-state index is 0.139. The summed E-state index contributed by atoms with van der Waals surface area (Å²) >= 11 is 0. The lowest BCUT2D eigenvalue weighted by atomic mass is 10.1. The lowest BCUT2D eigenvalue weighted by Gasteiger charge is -2.31. The molecular weight excluding hydrogens is 256 g/mol. The minimum Gasteiger partial charge on any atom is -0.384 e. The highest BCUT2D eigenvalue weighted by Crippen LogP contribution is 2.16. The van der Waals surface area contributed by atoms with Gasteiger partial charge in [0.1, 0.15) is 12.3 Å². The molecule has 1 amide bonds. The fraction of sp³-hybridized carbons (Fsp3) is 0.467. The van der Waals surface area contributed by atoms with Crippen LogP contribution in [-0.2, 0) is 4.74 Å². The Morgan fingerprint density at radius 2 is 2.30 bits per heavy atom. The number of aromatic nitrogens is 1. The fourth-order valence-corrected chi connectivity index (χ4v) is 2.22. The van der Waals surface area contributed by atoms with Crippen LogP contribution in [0.5, 0.6) is 0 Å². The summed E-state index contributed by atoms with van der Waals surface area (Å²) in [5.74, 6) is 5.18. The van der Waals surface area contributed by atoms with Crippen molar-refractivity contribution in [1.82, 2.24) is 9.88 Å². The average Bonchev–Trinajstić information content (AvgIpc) is 2.52. The Bertz CT molecular complexity index is 527. The first-order valence-corrected chi connectivity index (χ1v) is 6.63. The van der Waals surface area contributed by atoms with E-state index in [1.165, 1.54) is 0 Å². The van der Waals surface area contributed by atoms with Gasteiger partial charge in [0, 0.05) is 32.5 Å². The monoisotopic (exact) mass is 274 g/mol. The first-order chi connectivity index (χ1) is 9.74. The van der Waals surface area contributed by atoms with Gasteiger partial charge in [0.25, 0.3) is 5.91 Å². The molecule has 1 aliphatic heterocycles. The summed E-state index contributed by atoms with van der Waals surface area (Å²) in [6.45, 7) is 1.13. The van der Waals surface area contributed by atoms with Crippen molar-refractivity contribution in [1.29, 1.82) is 0 Å². The summed E-state index contributed by atoms with van der Waals surface area (Å²) in [6.07, 6.45) is 3.26. The lowest BCUT2D eigenvalue weighted by molar-refractivity contribution is 0.0358. The van der Waals surface area contributed by atoms with E-state index in [1.54, 1.807) is 30.3 Å². The maximum Gasteiger partial charge on any atom is 0.273 e. The Morgan fingerprint density at radius 3 is 3.00 bits per heavy atom.